The van der Waals surface area contributed by atoms with E-state index in [0.717, 1.165) is 17.8 Å². The number of aryl methyl sites for hydroxylation is 1. The number of hydrogen-bond donors (Lipinski definition) is 0. The van der Waals surface area contributed by atoms with Crippen LogP contribution in [0.4, 0.5) is 0 Å². The van der Waals surface area contributed by atoms with Crippen molar-refractivity contribution >= 4 is 0 Å². The topological polar surface area (TPSA) is 0 Å². The SMILES string of the molecule is CCCCCCCC1CCC(c2ccc3c(c2)CCC(C)C3)CC1. The van der Waals surface area contributed by atoms with Gasteiger partial charge >= 0.3 is 0 Å². The zero-order valence-electron chi connectivity index (χ0n) is 16.2. The van der Waals surface area contributed by atoms with Crippen LogP contribution < -0.4 is 0 Å². The van der Waals surface area contributed by atoms with Gasteiger partial charge in [-0.2, -0.15) is 0 Å². The molecular formula is C24H38. The quantitative estimate of drug-likeness (QED) is 0.456. The van der Waals surface area contributed by atoms with Crippen molar-refractivity contribution in [2.75, 3.05) is 0 Å². The highest BCUT2D eigenvalue weighted by Gasteiger charge is 2.23. The van der Waals surface area contributed by atoms with Crippen LogP contribution in [-0.4, -0.2) is 0 Å². The standard InChI is InChI=1S/C24H38/c1-3-4-5-6-7-8-20-10-13-21(14-11-20)23-16-15-22-17-19(2)9-12-24(22)18-23/h15-16,18-21H,3-14,17H2,1-2H3. The van der Waals surface area contributed by atoms with Crippen molar-refractivity contribution in [2.24, 2.45) is 11.8 Å². The predicted molar refractivity (Wildman–Crippen MR) is 106 cm³/mol. The van der Waals surface area contributed by atoms with Gasteiger partial charge in [-0.25, -0.2) is 0 Å². The van der Waals surface area contributed by atoms with E-state index in [-0.39, 0.29) is 0 Å². The molecule has 0 aliphatic heterocycles. The van der Waals surface area contributed by atoms with Crippen molar-refractivity contribution < 1.29 is 0 Å². The summed E-state index contributed by atoms with van der Waals surface area (Å²) in [7, 11) is 0. The average Bonchev–Trinajstić information content (AvgIpc) is 2.62. The van der Waals surface area contributed by atoms with E-state index in [4.69, 9.17) is 0 Å². The van der Waals surface area contributed by atoms with E-state index < -0.39 is 0 Å². The van der Waals surface area contributed by atoms with Crippen LogP contribution in [0.25, 0.3) is 0 Å². The van der Waals surface area contributed by atoms with Gasteiger partial charge in [-0.3, -0.25) is 0 Å². The third-order valence-corrected chi connectivity index (χ3v) is 6.74. The van der Waals surface area contributed by atoms with Crippen LogP contribution in [0.15, 0.2) is 18.2 Å². The second kappa shape index (κ2) is 9.07. The molecule has 0 radical (unpaired) electrons. The van der Waals surface area contributed by atoms with E-state index in [2.05, 4.69) is 32.0 Å². The normalized spacial score (nSPS) is 27.0. The van der Waals surface area contributed by atoms with Crippen molar-refractivity contribution in [1.82, 2.24) is 0 Å². The maximum atomic E-state index is 2.58. The van der Waals surface area contributed by atoms with Gasteiger partial charge in [0.25, 0.3) is 0 Å². The predicted octanol–water partition coefficient (Wildman–Crippen LogP) is 7.45. The summed E-state index contributed by atoms with van der Waals surface area (Å²) in [4.78, 5) is 0. The summed E-state index contributed by atoms with van der Waals surface area (Å²) in [6.07, 6.45) is 18.6. The molecule has 1 fully saturated rings. The molecule has 1 aromatic rings. The first-order valence-corrected chi connectivity index (χ1v) is 10.9. The molecule has 1 unspecified atom stereocenters. The Morgan fingerprint density at radius 3 is 2.46 bits per heavy atom. The van der Waals surface area contributed by atoms with Crippen LogP contribution in [0.1, 0.15) is 107 Å². The third-order valence-electron chi connectivity index (χ3n) is 6.74. The molecule has 24 heavy (non-hydrogen) atoms. The molecule has 0 aromatic heterocycles. The van der Waals surface area contributed by atoms with E-state index >= 15 is 0 Å². The Kier molecular flexibility index (Phi) is 6.81. The van der Waals surface area contributed by atoms with Crippen molar-refractivity contribution in [3.8, 4) is 0 Å². The lowest BCUT2D eigenvalue weighted by Gasteiger charge is -2.30. The van der Waals surface area contributed by atoms with Gasteiger partial charge < -0.3 is 0 Å². The fourth-order valence-corrected chi connectivity index (χ4v) is 5.03. The lowest BCUT2D eigenvalue weighted by Crippen LogP contribution is -2.15. The Hall–Kier alpha value is -0.780. The van der Waals surface area contributed by atoms with Crippen molar-refractivity contribution in [1.29, 1.82) is 0 Å². The number of unbranched alkanes of at least 4 members (excludes halogenated alkanes) is 4. The van der Waals surface area contributed by atoms with Gasteiger partial charge in [0.1, 0.15) is 0 Å². The number of rotatable bonds is 7. The molecule has 1 atom stereocenters. The summed E-state index contributed by atoms with van der Waals surface area (Å²) in [5.41, 5.74) is 4.96. The van der Waals surface area contributed by atoms with E-state index in [1.807, 2.05) is 0 Å². The Bertz CT molecular complexity index is 493. The molecule has 2 aliphatic rings. The molecule has 0 heteroatoms. The molecule has 0 amide bonds. The zero-order valence-corrected chi connectivity index (χ0v) is 16.2. The molecule has 0 heterocycles. The van der Waals surface area contributed by atoms with Crippen LogP contribution >= 0.6 is 0 Å². The number of fused-ring (bicyclic) bond motifs is 1. The minimum atomic E-state index is 0.853. The monoisotopic (exact) mass is 326 g/mol. The number of benzene rings is 1. The van der Waals surface area contributed by atoms with Gasteiger partial charge in [0, 0.05) is 0 Å². The highest BCUT2D eigenvalue weighted by Crippen LogP contribution is 2.39. The fourth-order valence-electron chi connectivity index (χ4n) is 5.03. The smallest absolute Gasteiger partial charge is 0.0162 e. The van der Waals surface area contributed by atoms with E-state index in [9.17, 15) is 0 Å². The van der Waals surface area contributed by atoms with E-state index in [0.29, 0.717) is 0 Å². The summed E-state index contributed by atoms with van der Waals surface area (Å²) in [6.45, 7) is 4.71. The van der Waals surface area contributed by atoms with Crippen molar-refractivity contribution in [2.45, 2.75) is 103 Å². The van der Waals surface area contributed by atoms with Gasteiger partial charge in [-0.1, -0.05) is 70.6 Å². The minimum absolute atomic E-state index is 0.853. The second-order valence-corrected chi connectivity index (χ2v) is 8.80. The first-order chi connectivity index (χ1) is 11.8. The maximum absolute atomic E-state index is 2.58. The van der Waals surface area contributed by atoms with E-state index in [1.54, 1.807) is 16.7 Å². The average molecular weight is 327 g/mol. The fraction of sp³-hybridized carbons (Fsp3) is 0.750. The Morgan fingerprint density at radius 1 is 0.875 bits per heavy atom. The van der Waals surface area contributed by atoms with Gasteiger partial charge in [-0.05, 0) is 79.4 Å². The van der Waals surface area contributed by atoms with E-state index in [1.165, 1.54) is 83.5 Å². The Labute approximate surface area is 150 Å². The largest absolute Gasteiger partial charge is 0.0654 e. The highest BCUT2D eigenvalue weighted by molar-refractivity contribution is 5.36. The summed E-state index contributed by atoms with van der Waals surface area (Å²) >= 11 is 0. The molecule has 134 valence electrons. The summed E-state index contributed by atoms with van der Waals surface area (Å²) < 4.78 is 0. The molecular weight excluding hydrogens is 288 g/mol. The van der Waals surface area contributed by atoms with Gasteiger partial charge in [0.2, 0.25) is 0 Å². The summed E-state index contributed by atoms with van der Waals surface area (Å²) in [5, 5.41) is 0. The third kappa shape index (κ3) is 4.87. The lowest BCUT2D eigenvalue weighted by atomic mass is 9.75. The van der Waals surface area contributed by atoms with Crippen LogP contribution in [0.2, 0.25) is 0 Å². The van der Waals surface area contributed by atoms with Crippen LogP contribution in [0, 0.1) is 11.8 Å². The van der Waals surface area contributed by atoms with Crippen LogP contribution in [0.5, 0.6) is 0 Å². The molecule has 1 aromatic carbocycles. The molecule has 0 saturated heterocycles. The number of hydrogen-bond acceptors (Lipinski definition) is 0. The molecule has 0 spiro atoms. The molecule has 1 saturated carbocycles. The summed E-state index contributed by atoms with van der Waals surface area (Å²) in [5.74, 6) is 2.77. The van der Waals surface area contributed by atoms with Crippen molar-refractivity contribution in [3.63, 3.8) is 0 Å². The van der Waals surface area contributed by atoms with Gasteiger partial charge in [0.05, 0.1) is 0 Å². The first-order valence-electron chi connectivity index (χ1n) is 10.9. The second-order valence-electron chi connectivity index (χ2n) is 8.80. The van der Waals surface area contributed by atoms with Gasteiger partial charge in [0.15, 0.2) is 0 Å². The van der Waals surface area contributed by atoms with Crippen LogP contribution in [-0.2, 0) is 12.8 Å². The Morgan fingerprint density at radius 2 is 1.67 bits per heavy atom. The Balaban J connectivity index is 1.45. The van der Waals surface area contributed by atoms with Gasteiger partial charge in [-0.15, -0.1) is 0 Å². The summed E-state index contributed by atoms with van der Waals surface area (Å²) in [6, 6.07) is 7.50. The van der Waals surface area contributed by atoms with Crippen LogP contribution in [0.3, 0.4) is 0 Å². The molecule has 2 aliphatic carbocycles. The molecule has 0 nitrogen and oxygen atoms in total. The highest BCUT2D eigenvalue weighted by atomic mass is 14.3. The maximum Gasteiger partial charge on any atom is -0.0162 e. The molecule has 3 rings (SSSR count). The lowest BCUT2D eigenvalue weighted by molar-refractivity contribution is 0.301. The molecule has 0 bridgehead atoms. The molecule has 0 N–H and O–H groups in total. The first kappa shape index (κ1) is 18.0. The minimum Gasteiger partial charge on any atom is -0.0654 e. The zero-order chi connectivity index (χ0) is 16.8. The van der Waals surface area contributed by atoms with Crippen molar-refractivity contribution in [3.05, 3.63) is 34.9 Å².